The van der Waals surface area contributed by atoms with Crippen molar-refractivity contribution in [2.75, 3.05) is 10.6 Å². The number of rotatable bonds is 6. The number of amides is 1. The van der Waals surface area contributed by atoms with Gasteiger partial charge in [-0.25, -0.2) is 9.78 Å². The first kappa shape index (κ1) is 21.2. The number of carbonyl (C=O) groups is 2. The van der Waals surface area contributed by atoms with Crippen LogP contribution in [0.3, 0.4) is 0 Å². The van der Waals surface area contributed by atoms with Crippen LogP contribution in [0, 0.1) is 10.1 Å². The van der Waals surface area contributed by atoms with Crippen LogP contribution in [-0.2, 0) is 16.1 Å². The monoisotopic (exact) mass is 446 g/mol. The molecule has 0 aliphatic heterocycles. The molecule has 0 saturated heterocycles. The lowest BCUT2D eigenvalue weighted by atomic mass is 10.1. The minimum atomic E-state index is -0.816. The number of nitrogens with zero attached hydrogens (tertiary/aromatic N) is 3. The van der Waals surface area contributed by atoms with Gasteiger partial charge in [-0.05, 0) is 24.3 Å². The summed E-state index contributed by atoms with van der Waals surface area (Å²) in [5, 5.41) is 13.4. The maximum Gasteiger partial charge on any atom is 0.340 e. The van der Waals surface area contributed by atoms with Crippen LogP contribution in [-0.4, -0.2) is 21.8 Å². The number of anilines is 3. The minimum Gasteiger partial charge on any atom is -0.455 e. The number of nitrogens with two attached hydrogens (primary N) is 1. The molecule has 0 aliphatic rings. The van der Waals surface area contributed by atoms with E-state index in [4.69, 9.17) is 22.1 Å². The lowest BCUT2D eigenvalue weighted by molar-refractivity contribution is -0.384. The summed E-state index contributed by atoms with van der Waals surface area (Å²) in [6.07, 6.45) is 0. The third-order valence-electron chi connectivity index (χ3n) is 3.93. The molecule has 0 atom stereocenters. The van der Waals surface area contributed by atoms with Gasteiger partial charge in [0.2, 0.25) is 5.91 Å². The average Bonchev–Trinajstić information content (AvgIpc) is 3.14. The van der Waals surface area contributed by atoms with Crippen molar-refractivity contribution in [3.8, 4) is 0 Å². The molecule has 3 rings (SSSR count). The molecule has 11 heteroatoms. The molecule has 0 bridgehead atoms. The second kappa shape index (κ2) is 8.89. The van der Waals surface area contributed by atoms with Crippen LogP contribution in [0.5, 0.6) is 0 Å². The number of carbonyl (C=O) groups excluding carboxylic acids is 2. The van der Waals surface area contributed by atoms with E-state index in [0.29, 0.717) is 21.5 Å². The van der Waals surface area contributed by atoms with E-state index in [1.165, 1.54) is 35.3 Å². The van der Waals surface area contributed by atoms with E-state index < -0.39 is 10.9 Å². The third-order valence-corrected chi connectivity index (χ3v) is 5.04. The number of esters is 1. The fraction of sp³-hybridized carbons (Fsp3) is 0.105. The lowest BCUT2D eigenvalue weighted by Gasteiger charge is -2.18. The number of aromatic nitrogens is 1. The van der Waals surface area contributed by atoms with Gasteiger partial charge < -0.3 is 10.5 Å². The molecule has 1 heterocycles. The molecule has 0 radical (unpaired) electrons. The Morgan fingerprint density at radius 2 is 2.07 bits per heavy atom. The van der Waals surface area contributed by atoms with Crippen LogP contribution >= 0.6 is 22.9 Å². The molecule has 2 aromatic carbocycles. The zero-order chi connectivity index (χ0) is 21.8. The van der Waals surface area contributed by atoms with Gasteiger partial charge in [0, 0.05) is 35.1 Å². The van der Waals surface area contributed by atoms with Crippen LogP contribution in [0.1, 0.15) is 23.0 Å². The maximum atomic E-state index is 12.3. The van der Waals surface area contributed by atoms with Crippen molar-refractivity contribution in [2.24, 2.45) is 0 Å². The van der Waals surface area contributed by atoms with Crippen molar-refractivity contribution >= 4 is 57.0 Å². The van der Waals surface area contributed by atoms with Crippen LogP contribution < -0.4 is 10.6 Å². The Labute approximate surface area is 179 Å². The highest BCUT2D eigenvalue weighted by molar-refractivity contribution is 7.14. The van der Waals surface area contributed by atoms with Crippen molar-refractivity contribution in [2.45, 2.75) is 13.5 Å². The van der Waals surface area contributed by atoms with Gasteiger partial charge in [-0.15, -0.1) is 11.3 Å². The van der Waals surface area contributed by atoms with Gasteiger partial charge in [-0.2, -0.15) is 0 Å². The molecule has 154 valence electrons. The quantitative estimate of drug-likeness (QED) is 0.258. The molecule has 30 heavy (non-hydrogen) atoms. The van der Waals surface area contributed by atoms with Crippen molar-refractivity contribution in [3.63, 3.8) is 0 Å². The molecule has 1 amide bonds. The van der Waals surface area contributed by atoms with Gasteiger partial charge in [0.25, 0.3) is 5.69 Å². The summed E-state index contributed by atoms with van der Waals surface area (Å²) in [6, 6.07) is 10.3. The molecule has 1 aromatic heterocycles. The zero-order valence-electron chi connectivity index (χ0n) is 15.6. The first-order valence-corrected chi connectivity index (χ1v) is 9.73. The summed E-state index contributed by atoms with van der Waals surface area (Å²) in [5.41, 5.74) is 6.36. The summed E-state index contributed by atoms with van der Waals surface area (Å²) in [5.74, 6) is -1.08. The first-order chi connectivity index (χ1) is 14.3. The van der Waals surface area contributed by atoms with Crippen molar-refractivity contribution in [1.82, 2.24) is 4.98 Å². The Bertz CT molecular complexity index is 1130. The molecular formula is C19H15ClN4O5S. The van der Waals surface area contributed by atoms with Crippen molar-refractivity contribution in [1.29, 1.82) is 0 Å². The Morgan fingerprint density at radius 3 is 2.73 bits per heavy atom. The number of benzene rings is 2. The second-order valence-electron chi connectivity index (χ2n) is 6.06. The Balaban J connectivity index is 1.75. The minimum absolute atomic E-state index is 0.0632. The van der Waals surface area contributed by atoms with E-state index in [0.717, 1.165) is 6.07 Å². The van der Waals surface area contributed by atoms with E-state index in [9.17, 15) is 19.7 Å². The van der Waals surface area contributed by atoms with Gasteiger partial charge >= 0.3 is 5.97 Å². The number of halogens is 1. The van der Waals surface area contributed by atoms with Gasteiger partial charge in [0.15, 0.2) is 5.13 Å². The third kappa shape index (κ3) is 4.73. The van der Waals surface area contributed by atoms with E-state index in [1.54, 1.807) is 29.6 Å². The number of non-ortho nitro benzene ring substituents is 1. The Morgan fingerprint density at radius 1 is 1.30 bits per heavy atom. The highest BCUT2D eigenvalue weighted by Gasteiger charge is 2.20. The number of thiazole rings is 1. The lowest BCUT2D eigenvalue weighted by Crippen LogP contribution is -2.22. The summed E-state index contributed by atoms with van der Waals surface area (Å²) in [6.45, 7) is 1.20. The van der Waals surface area contributed by atoms with Crippen molar-refractivity contribution < 1.29 is 19.2 Å². The van der Waals surface area contributed by atoms with E-state index >= 15 is 0 Å². The van der Waals surface area contributed by atoms with E-state index in [1.807, 2.05) is 0 Å². The molecule has 9 nitrogen and oxygen atoms in total. The van der Waals surface area contributed by atoms with Crippen molar-refractivity contribution in [3.05, 3.63) is 74.2 Å². The van der Waals surface area contributed by atoms with Crippen LogP contribution in [0.25, 0.3) is 0 Å². The molecule has 0 aliphatic carbocycles. The topological polar surface area (TPSA) is 129 Å². The summed E-state index contributed by atoms with van der Waals surface area (Å²) in [4.78, 5) is 40.4. The zero-order valence-corrected chi connectivity index (χ0v) is 17.1. The van der Waals surface area contributed by atoms with E-state index in [-0.39, 0.29) is 29.5 Å². The number of hydrogen-bond donors (Lipinski definition) is 1. The second-order valence-corrected chi connectivity index (χ2v) is 7.33. The smallest absolute Gasteiger partial charge is 0.340 e. The number of nitrogen functional groups attached to an aromatic ring is 1. The molecule has 0 saturated carbocycles. The van der Waals surface area contributed by atoms with E-state index in [2.05, 4.69) is 4.98 Å². The Hall–Kier alpha value is -3.50. The highest BCUT2D eigenvalue weighted by Crippen LogP contribution is 2.30. The number of nitro benzene ring substituents is 1. The number of nitro groups is 1. The molecule has 2 N–H and O–H groups in total. The predicted molar refractivity (Wildman–Crippen MR) is 113 cm³/mol. The van der Waals surface area contributed by atoms with Crippen LogP contribution in [0.2, 0.25) is 5.02 Å². The highest BCUT2D eigenvalue weighted by atomic mass is 35.5. The average molecular weight is 447 g/mol. The molecule has 3 aromatic rings. The molecule has 0 spiro atoms. The van der Waals surface area contributed by atoms with Gasteiger partial charge in [0.1, 0.15) is 6.61 Å². The first-order valence-electron chi connectivity index (χ1n) is 8.48. The standard InChI is InChI=1S/C19H15ClN4O5S/c1-11(25)23(14-4-2-3-12(20)7-14)19-22-13(10-30-19)9-29-18(26)16-8-15(24(27)28)5-6-17(16)21/h2-8,10H,9,21H2,1H3. The fourth-order valence-electron chi connectivity index (χ4n) is 2.56. The van der Waals surface area contributed by atoms with Gasteiger partial charge in [0.05, 0.1) is 21.9 Å². The fourth-order valence-corrected chi connectivity index (χ4v) is 3.62. The van der Waals surface area contributed by atoms with Gasteiger partial charge in [-0.3, -0.25) is 19.8 Å². The molecule has 0 fully saturated rings. The maximum absolute atomic E-state index is 12.3. The SMILES string of the molecule is CC(=O)N(c1cccc(Cl)c1)c1nc(COC(=O)c2cc([N+](=O)[O-])ccc2N)cs1. The predicted octanol–water partition coefficient (Wildman–Crippen LogP) is 4.33. The summed E-state index contributed by atoms with van der Waals surface area (Å²) >= 11 is 7.20. The molecule has 0 unspecified atom stereocenters. The Kier molecular flexibility index (Phi) is 6.28. The van der Waals surface area contributed by atoms with Crippen LogP contribution in [0.15, 0.2) is 47.8 Å². The summed E-state index contributed by atoms with van der Waals surface area (Å²) < 4.78 is 5.19. The van der Waals surface area contributed by atoms with Crippen LogP contribution in [0.4, 0.5) is 22.2 Å². The normalized spacial score (nSPS) is 10.5. The number of hydrogen-bond acceptors (Lipinski definition) is 8. The summed E-state index contributed by atoms with van der Waals surface area (Å²) in [7, 11) is 0. The van der Waals surface area contributed by atoms with Gasteiger partial charge in [-0.1, -0.05) is 17.7 Å². The largest absolute Gasteiger partial charge is 0.455 e. The number of ether oxygens (including phenoxy) is 1. The molecular weight excluding hydrogens is 432 g/mol.